The minimum Gasteiger partial charge on any atom is -0.360 e. The van der Waals surface area contributed by atoms with E-state index in [2.05, 4.69) is 10.5 Å². The molecule has 5 nitrogen and oxygen atoms in total. The van der Waals surface area contributed by atoms with Crippen LogP contribution >= 0.6 is 0 Å². The largest absolute Gasteiger partial charge is 0.360 e. The van der Waals surface area contributed by atoms with Crippen molar-refractivity contribution in [1.82, 2.24) is 15.0 Å². The molecule has 2 aromatic heterocycles. The third kappa shape index (κ3) is 2.80. The van der Waals surface area contributed by atoms with Gasteiger partial charge in [0.05, 0.1) is 12.7 Å². The third-order valence-corrected chi connectivity index (χ3v) is 2.22. The zero-order chi connectivity index (χ0) is 11.2. The minimum atomic E-state index is 0.0176. The fourth-order valence-corrected chi connectivity index (χ4v) is 1.39. The van der Waals surface area contributed by atoms with Crippen LogP contribution in [0.5, 0.6) is 0 Å². The highest BCUT2D eigenvalue weighted by Crippen LogP contribution is 1.94. The van der Waals surface area contributed by atoms with Crippen molar-refractivity contribution in [2.45, 2.75) is 13.1 Å². The average Bonchev–Trinajstić information content (AvgIpc) is 2.79. The number of rotatable bonds is 5. The molecule has 0 bridgehead atoms. The topological polar surface area (TPSA) is 60.1 Å². The van der Waals surface area contributed by atoms with Gasteiger partial charge in [0.15, 0.2) is 0 Å². The van der Waals surface area contributed by atoms with E-state index in [1.165, 1.54) is 0 Å². The maximum Gasteiger partial charge on any atom is 0.250 e. The Morgan fingerprint density at radius 3 is 3.06 bits per heavy atom. The van der Waals surface area contributed by atoms with Gasteiger partial charge in [-0.1, -0.05) is 11.2 Å². The zero-order valence-electron chi connectivity index (χ0n) is 8.80. The van der Waals surface area contributed by atoms with Gasteiger partial charge >= 0.3 is 0 Å². The van der Waals surface area contributed by atoms with Crippen LogP contribution in [0, 0.1) is 0 Å². The number of hydrogen-bond acceptors (Lipinski definition) is 4. The lowest BCUT2D eigenvalue weighted by Crippen LogP contribution is -2.25. The van der Waals surface area contributed by atoms with Crippen LogP contribution < -0.4 is 10.9 Å². The monoisotopic (exact) mass is 219 g/mol. The molecule has 16 heavy (non-hydrogen) atoms. The quantitative estimate of drug-likeness (QED) is 0.749. The van der Waals surface area contributed by atoms with Crippen LogP contribution in [0.25, 0.3) is 0 Å². The molecule has 1 N–H and O–H groups in total. The summed E-state index contributed by atoms with van der Waals surface area (Å²) in [6.07, 6.45) is 3.39. The molecule has 0 radical (unpaired) electrons. The van der Waals surface area contributed by atoms with E-state index in [9.17, 15) is 4.79 Å². The van der Waals surface area contributed by atoms with Crippen LogP contribution in [0.15, 0.2) is 46.0 Å². The van der Waals surface area contributed by atoms with Gasteiger partial charge in [-0.25, -0.2) is 0 Å². The SMILES string of the molecule is O=c1ccccn1CCNCc1ccno1. The first kappa shape index (κ1) is 10.6. The van der Waals surface area contributed by atoms with Crippen molar-refractivity contribution < 1.29 is 4.52 Å². The molecule has 0 saturated heterocycles. The first-order valence-corrected chi connectivity index (χ1v) is 5.12. The highest BCUT2D eigenvalue weighted by Gasteiger charge is 1.96. The van der Waals surface area contributed by atoms with Crippen LogP contribution in [0.2, 0.25) is 0 Å². The van der Waals surface area contributed by atoms with Crippen molar-refractivity contribution >= 4 is 0 Å². The first-order chi connectivity index (χ1) is 7.86. The second-order valence-electron chi connectivity index (χ2n) is 3.39. The molecule has 0 aliphatic rings. The van der Waals surface area contributed by atoms with Gasteiger partial charge in [0.2, 0.25) is 0 Å². The minimum absolute atomic E-state index is 0.0176. The molecule has 0 fully saturated rings. The van der Waals surface area contributed by atoms with Crippen LogP contribution in [-0.4, -0.2) is 16.3 Å². The average molecular weight is 219 g/mol. The van der Waals surface area contributed by atoms with E-state index in [4.69, 9.17) is 4.52 Å². The van der Waals surface area contributed by atoms with E-state index < -0.39 is 0 Å². The summed E-state index contributed by atoms with van der Waals surface area (Å²) in [5, 5.41) is 6.77. The normalized spacial score (nSPS) is 10.5. The summed E-state index contributed by atoms with van der Waals surface area (Å²) in [7, 11) is 0. The molecule has 0 saturated carbocycles. The van der Waals surface area contributed by atoms with Gasteiger partial charge < -0.3 is 14.4 Å². The Balaban J connectivity index is 1.76. The molecule has 0 spiro atoms. The van der Waals surface area contributed by atoms with Gasteiger partial charge in [-0.2, -0.15) is 0 Å². The predicted octanol–water partition coefficient (Wildman–Crippen LogP) is 0.626. The van der Waals surface area contributed by atoms with E-state index in [0.717, 1.165) is 5.76 Å². The van der Waals surface area contributed by atoms with Crippen LogP contribution in [0.1, 0.15) is 5.76 Å². The van der Waals surface area contributed by atoms with Gasteiger partial charge in [0.25, 0.3) is 5.56 Å². The van der Waals surface area contributed by atoms with Crippen molar-refractivity contribution in [2.75, 3.05) is 6.54 Å². The first-order valence-electron chi connectivity index (χ1n) is 5.12. The van der Waals surface area contributed by atoms with Crippen molar-refractivity contribution in [3.63, 3.8) is 0 Å². The summed E-state index contributed by atoms with van der Waals surface area (Å²) < 4.78 is 6.59. The molecule has 2 aromatic rings. The molecule has 84 valence electrons. The molecule has 5 heteroatoms. The fourth-order valence-electron chi connectivity index (χ4n) is 1.39. The molecule has 0 aliphatic heterocycles. The predicted molar refractivity (Wildman–Crippen MR) is 58.9 cm³/mol. The molecule has 0 unspecified atom stereocenters. The van der Waals surface area contributed by atoms with Crippen molar-refractivity contribution in [2.24, 2.45) is 0 Å². The number of hydrogen-bond donors (Lipinski definition) is 1. The zero-order valence-corrected chi connectivity index (χ0v) is 8.80. The van der Waals surface area contributed by atoms with Crippen molar-refractivity contribution in [1.29, 1.82) is 0 Å². The number of pyridine rings is 1. The Morgan fingerprint density at radius 2 is 2.31 bits per heavy atom. The highest BCUT2D eigenvalue weighted by atomic mass is 16.5. The summed E-state index contributed by atoms with van der Waals surface area (Å²) >= 11 is 0. The van der Waals surface area contributed by atoms with Crippen LogP contribution in [0.4, 0.5) is 0 Å². The van der Waals surface area contributed by atoms with Crippen LogP contribution in [0.3, 0.4) is 0 Å². The summed E-state index contributed by atoms with van der Waals surface area (Å²) in [6.45, 7) is 1.99. The number of nitrogens with zero attached hydrogens (tertiary/aromatic N) is 2. The highest BCUT2D eigenvalue weighted by molar-refractivity contribution is 4.94. The van der Waals surface area contributed by atoms with Gasteiger partial charge in [0.1, 0.15) is 5.76 Å². The van der Waals surface area contributed by atoms with Gasteiger partial charge in [-0.3, -0.25) is 4.79 Å². The molecule has 0 atom stereocenters. The van der Waals surface area contributed by atoms with E-state index in [1.807, 2.05) is 12.1 Å². The van der Waals surface area contributed by atoms with E-state index in [1.54, 1.807) is 29.1 Å². The molecule has 0 aliphatic carbocycles. The molecular formula is C11H13N3O2. The Kier molecular flexibility index (Phi) is 3.50. The fraction of sp³-hybridized carbons (Fsp3) is 0.273. The van der Waals surface area contributed by atoms with Crippen LogP contribution in [-0.2, 0) is 13.1 Å². The summed E-state index contributed by atoms with van der Waals surface area (Å²) in [5.41, 5.74) is 0.0176. The summed E-state index contributed by atoms with van der Waals surface area (Å²) in [5.74, 6) is 0.792. The van der Waals surface area contributed by atoms with Gasteiger partial charge in [-0.15, -0.1) is 0 Å². The van der Waals surface area contributed by atoms with E-state index in [-0.39, 0.29) is 5.56 Å². The molecule has 2 heterocycles. The van der Waals surface area contributed by atoms with E-state index >= 15 is 0 Å². The molecular weight excluding hydrogens is 206 g/mol. The summed E-state index contributed by atoms with van der Waals surface area (Å²) in [6, 6.07) is 6.94. The van der Waals surface area contributed by atoms with Crippen molar-refractivity contribution in [3.8, 4) is 0 Å². The number of aromatic nitrogens is 2. The number of nitrogens with one attached hydrogen (secondary N) is 1. The smallest absolute Gasteiger partial charge is 0.250 e. The maximum atomic E-state index is 11.3. The lowest BCUT2D eigenvalue weighted by molar-refractivity contribution is 0.371. The Labute approximate surface area is 92.7 Å². The maximum absolute atomic E-state index is 11.3. The lowest BCUT2D eigenvalue weighted by Gasteiger charge is -2.05. The molecule has 2 rings (SSSR count). The lowest BCUT2D eigenvalue weighted by atomic mass is 10.4. The Bertz CT molecular complexity index is 476. The van der Waals surface area contributed by atoms with Crippen molar-refractivity contribution in [3.05, 3.63) is 52.8 Å². The van der Waals surface area contributed by atoms with Gasteiger partial charge in [0, 0.05) is 31.4 Å². The van der Waals surface area contributed by atoms with E-state index in [0.29, 0.717) is 19.6 Å². The Morgan fingerprint density at radius 1 is 1.38 bits per heavy atom. The standard InChI is InChI=1S/C11H13N3O2/c15-11-3-1-2-7-14(11)8-6-12-9-10-4-5-13-16-10/h1-5,7,12H,6,8-9H2. The second-order valence-corrected chi connectivity index (χ2v) is 3.39. The Hall–Kier alpha value is -1.88. The second kappa shape index (κ2) is 5.27. The summed E-state index contributed by atoms with van der Waals surface area (Å²) in [4.78, 5) is 11.3. The molecule has 0 aromatic carbocycles. The third-order valence-electron chi connectivity index (χ3n) is 2.22. The molecule has 0 amide bonds. The van der Waals surface area contributed by atoms with Gasteiger partial charge in [-0.05, 0) is 6.07 Å².